The molecule has 18 heavy (non-hydrogen) atoms. The van der Waals surface area contributed by atoms with Crippen molar-refractivity contribution in [2.75, 3.05) is 38.8 Å². The average molecular weight is 280 g/mol. The molecule has 1 aromatic rings. The topological polar surface area (TPSA) is 41.1 Å². The van der Waals surface area contributed by atoms with E-state index in [4.69, 9.17) is 0 Å². The number of hydrogen-bond acceptors (Lipinski definition) is 5. The van der Waals surface area contributed by atoms with E-state index in [1.54, 1.807) is 0 Å². The molecule has 4 nitrogen and oxygen atoms in total. The fourth-order valence-corrected chi connectivity index (χ4v) is 2.10. The molecule has 0 aliphatic carbocycles. The second kappa shape index (κ2) is 6.24. The van der Waals surface area contributed by atoms with Crippen LogP contribution in [-0.2, 0) is 6.18 Å². The van der Waals surface area contributed by atoms with Crippen molar-refractivity contribution in [1.29, 1.82) is 0 Å². The molecule has 0 saturated carbocycles. The Morgan fingerprint density at radius 2 is 2.00 bits per heavy atom. The second-order valence-electron chi connectivity index (χ2n) is 3.81. The van der Waals surface area contributed by atoms with Crippen molar-refractivity contribution in [3.8, 4) is 0 Å². The van der Waals surface area contributed by atoms with Crippen LogP contribution in [0.5, 0.6) is 0 Å². The number of rotatable bonds is 5. The second-order valence-corrected chi connectivity index (χ2v) is 4.93. The Balaban J connectivity index is 2.84. The molecule has 102 valence electrons. The quantitative estimate of drug-likeness (QED) is 0.661. The van der Waals surface area contributed by atoms with Gasteiger partial charge in [0.1, 0.15) is 5.03 Å². The minimum absolute atomic E-state index is 0.0165. The fraction of sp³-hybridized carbons (Fsp3) is 0.600. The van der Waals surface area contributed by atoms with Gasteiger partial charge in [-0.1, -0.05) is 0 Å². The summed E-state index contributed by atoms with van der Waals surface area (Å²) in [6, 6.07) is 0.973. The molecule has 0 atom stereocenters. The first kappa shape index (κ1) is 15.0. The summed E-state index contributed by atoms with van der Waals surface area (Å²) in [5.74, 6) is 0.655. The van der Waals surface area contributed by atoms with Gasteiger partial charge in [-0.15, -0.1) is 11.8 Å². The zero-order valence-corrected chi connectivity index (χ0v) is 11.2. The molecule has 0 spiro atoms. The third kappa shape index (κ3) is 4.69. The van der Waals surface area contributed by atoms with Gasteiger partial charge in [0.25, 0.3) is 0 Å². The van der Waals surface area contributed by atoms with Crippen LogP contribution in [0.2, 0.25) is 0 Å². The summed E-state index contributed by atoms with van der Waals surface area (Å²) in [7, 11) is 5.30. The van der Waals surface area contributed by atoms with Crippen LogP contribution in [0, 0.1) is 0 Å². The molecule has 1 heterocycles. The lowest BCUT2D eigenvalue weighted by molar-refractivity contribution is -0.141. The Morgan fingerprint density at radius 1 is 1.33 bits per heavy atom. The number of nitrogens with one attached hydrogen (secondary N) is 1. The van der Waals surface area contributed by atoms with Gasteiger partial charge >= 0.3 is 6.18 Å². The lowest BCUT2D eigenvalue weighted by Gasteiger charge is -2.11. The van der Waals surface area contributed by atoms with Gasteiger partial charge in [-0.25, -0.2) is 9.97 Å². The average Bonchev–Trinajstić information content (AvgIpc) is 2.27. The highest BCUT2D eigenvalue weighted by Gasteiger charge is 2.33. The predicted molar refractivity (Wildman–Crippen MR) is 65.9 cm³/mol. The summed E-state index contributed by atoms with van der Waals surface area (Å²) in [6.07, 6.45) is -4.45. The van der Waals surface area contributed by atoms with Crippen LogP contribution in [0.15, 0.2) is 11.1 Å². The predicted octanol–water partition coefficient (Wildman–Crippen LogP) is 2.19. The molecule has 0 fully saturated rings. The number of anilines is 1. The van der Waals surface area contributed by atoms with Crippen LogP contribution in [0.1, 0.15) is 5.69 Å². The summed E-state index contributed by atoms with van der Waals surface area (Å²) in [5.41, 5.74) is -0.922. The van der Waals surface area contributed by atoms with Crippen LogP contribution < -0.4 is 5.32 Å². The van der Waals surface area contributed by atoms with Crippen molar-refractivity contribution in [2.45, 2.75) is 11.2 Å². The number of hydrogen-bond donors (Lipinski definition) is 1. The molecular weight excluding hydrogens is 265 g/mol. The summed E-state index contributed by atoms with van der Waals surface area (Å²) < 4.78 is 37.8. The lowest BCUT2D eigenvalue weighted by Crippen LogP contribution is -2.15. The summed E-state index contributed by atoms with van der Waals surface area (Å²) in [4.78, 5) is 9.34. The highest BCUT2D eigenvalue weighted by Crippen LogP contribution is 2.30. The van der Waals surface area contributed by atoms with Gasteiger partial charge in [-0.2, -0.15) is 13.2 Å². The fourth-order valence-electron chi connectivity index (χ4n) is 1.09. The summed E-state index contributed by atoms with van der Waals surface area (Å²) in [5, 5.41) is 2.86. The molecule has 0 bridgehead atoms. The van der Waals surface area contributed by atoms with E-state index in [1.807, 2.05) is 19.0 Å². The van der Waals surface area contributed by atoms with Gasteiger partial charge in [0.05, 0.1) is 0 Å². The zero-order chi connectivity index (χ0) is 13.8. The first-order valence-corrected chi connectivity index (χ1v) is 6.23. The van der Waals surface area contributed by atoms with Crippen molar-refractivity contribution < 1.29 is 13.2 Å². The normalized spacial score (nSPS) is 11.9. The Morgan fingerprint density at radius 3 is 2.50 bits per heavy atom. The Labute approximate surface area is 108 Å². The molecule has 0 aliphatic heterocycles. The summed E-state index contributed by atoms with van der Waals surface area (Å²) >= 11 is 1.28. The largest absolute Gasteiger partial charge is 0.433 e. The van der Waals surface area contributed by atoms with Crippen LogP contribution in [0.4, 0.5) is 19.1 Å². The molecule has 0 aromatic carbocycles. The third-order valence-electron chi connectivity index (χ3n) is 2.01. The highest BCUT2D eigenvalue weighted by atomic mass is 32.2. The van der Waals surface area contributed by atoms with Crippen molar-refractivity contribution in [3.05, 3.63) is 11.8 Å². The first-order valence-electron chi connectivity index (χ1n) is 5.24. The van der Waals surface area contributed by atoms with E-state index in [1.165, 1.54) is 18.8 Å². The van der Waals surface area contributed by atoms with Gasteiger partial charge in [0.15, 0.2) is 5.69 Å². The number of nitrogens with zero attached hydrogens (tertiary/aromatic N) is 3. The van der Waals surface area contributed by atoms with Gasteiger partial charge in [-0.3, -0.25) is 0 Å². The van der Waals surface area contributed by atoms with Crippen LogP contribution >= 0.6 is 11.8 Å². The molecule has 0 amide bonds. The van der Waals surface area contributed by atoms with E-state index in [9.17, 15) is 13.2 Å². The molecular formula is C10H15F3N4S. The van der Waals surface area contributed by atoms with E-state index >= 15 is 0 Å². The smallest absolute Gasteiger partial charge is 0.357 e. The molecule has 0 unspecified atom stereocenters. The Hall–Kier alpha value is -1.02. The zero-order valence-electron chi connectivity index (χ0n) is 10.4. The minimum atomic E-state index is -4.45. The number of thioether (sulfide) groups is 1. The van der Waals surface area contributed by atoms with Gasteiger partial charge < -0.3 is 10.2 Å². The van der Waals surface area contributed by atoms with Crippen molar-refractivity contribution in [2.24, 2.45) is 0 Å². The molecule has 0 saturated heterocycles. The SMILES string of the molecule is CNc1nc(SCCN(C)C)cc(C(F)(F)F)n1. The van der Waals surface area contributed by atoms with E-state index in [0.717, 1.165) is 12.6 Å². The third-order valence-corrected chi connectivity index (χ3v) is 2.90. The molecule has 1 aromatic heterocycles. The van der Waals surface area contributed by atoms with Gasteiger partial charge in [0, 0.05) is 25.4 Å². The number of aromatic nitrogens is 2. The van der Waals surface area contributed by atoms with Gasteiger partial charge in [0.2, 0.25) is 5.95 Å². The molecule has 0 radical (unpaired) electrons. The monoisotopic (exact) mass is 280 g/mol. The first-order chi connectivity index (χ1) is 8.32. The van der Waals surface area contributed by atoms with E-state index in [0.29, 0.717) is 10.8 Å². The summed E-state index contributed by atoms with van der Waals surface area (Å²) in [6.45, 7) is 0.769. The van der Waals surface area contributed by atoms with Crippen LogP contribution in [0.25, 0.3) is 0 Å². The maximum atomic E-state index is 12.6. The Bertz CT molecular complexity index is 395. The van der Waals surface area contributed by atoms with Crippen molar-refractivity contribution >= 4 is 17.7 Å². The van der Waals surface area contributed by atoms with Crippen LogP contribution in [-0.4, -0.2) is 48.3 Å². The number of alkyl halides is 3. The lowest BCUT2D eigenvalue weighted by atomic mass is 10.4. The van der Waals surface area contributed by atoms with E-state index in [2.05, 4.69) is 15.3 Å². The molecule has 1 N–H and O–H groups in total. The van der Waals surface area contributed by atoms with Crippen LogP contribution in [0.3, 0.4) is 0 Å². The van der Waals surface area contributed by atoms with Gasteiger partial charge in [-0.05, 0) is 14.1 Å². The molecule has 8 heteroatoms. The van der Waals surface area contributed by atoms with Crippen molar-refractivity contribution in [3.63, 3.8) is 0 Å². The maximum Gasteiger partial charge on any atom is 0.433 e. The number of halogens is 3. The highest BCUT2D eigenvalue weighted by molar-refractivity contribution is 7.99. The molecule has 1 rings (SSSR count). The molecule has 0 aliphatic rings. The minimum Gasteiger partial charge on any atom is -0.357 e. The van der Waals surface area contributed by atoms with E-state index in [-0.39, 0.29) is 5.95 Å². The maximum absolute atomic E-state index is 12.6. The standard InChI is InChI=1S/C10H15F3N4S/c1-14-9-15-7(10(11,12)13)6-8(16-9)18-5-4-17(2)3/h6H,4-5H2,1-3H3,(H,14,15,16). The van der Waals surface area contributed by atoms with E-state index < -0.39 is 11.9 Å². The Kier molecular flexibility index (Phi) is 5.21. The van der Waals surface area contributed by atoms with Crippen molar-refractivity contribution in [1.82, 2.24) is 14.9 Å².